The predicted molar refractivity (Wildman–Crippen MR) is 54.9 cm³/mol. The van der Waals surface area contributed by atoms with Crippen LogP contribution in [-0.4, -0.2) is 15.9 Å². The molecule has 0 radical (unpaired) electrons. The van der Waals surface area contributed by atoms with Gasteiger partial charge in [0.05, 0.1) is 0 Å². The highest BCUT2D eigenvalue weighted by Crippen LogP contribution is 2.03. The van der Waals surface area contributed by atoms with Gasteiger partial charge in [0.25, 0.3) is 0 Å². The number of amides is 1. The molecule has 0 saturated carbocycles. The van der Waals surface area contributed by atoms with Crippen LogP contribution < -0.4 is 5.32 Å². The van der Waals surface area contributed by atoms with Crippen LogP contribution in [0.2, 0.25) is 0 Å². The third-order valence-electron chi connectivity index (χ3n) is 1.64. The summed E-state index contributed by atoms with van der Waals surface area (Å²) in [7, 11) is 0. The van der Waals surface area contributed by atoms with E-state index in [0.29, 0.717) is 18.3 Å². The van der Waals surface area contributed by atoms with Crippen LogP contribution in [0.5, 0.6) is 0 Å². The molecule has 0 aromatic carbocycles. The maximum absolute atomic E-state index is 11.3. The predicted octanol–water partition coefficient (Wildman–Crippen LogP) is 1.77. The second kappa shape index (κ2) is 4.69. The van der Waals surface area contributed by atoms with Crippen LogP contribution in [0.4, 0.5) is 5.95 Å². The molecular formula is C10H15N3O. The zero-order chi connectivity index (χ0) is 10.6. The van der Waals surface area contributed by atoms with Gasteiger partial charge in [-0.15, -0.1) is 0 Å². The van der Waals surface area contributed by atoms with Crippen molar-refractivity contribution >= 4 is 11.9 Å². The minimum absolute atomic E-state index is 0.0365. The Morgan fingerprint density at radius 1 is 1.57 bits per heavy atom. The van der Waals surface area contributed by atoms with E-state index in [9.17, 15) is 4.79 Å². The summed E-state index contributed by atoms with van der Waals surface area (Å²) in [5.74, 6) is 0.695. The molecule has 1 N–H and O–H groups in total. The van der Waals surface area contributed by atoms with Gasteiger partial charge in [-0.1, -0.05) is 13.8 Å². The second-order valence-corrected chi connectivity index (χ2v) is 3.67. The number of aryl methyl sites for hydroxylation is 1. The van der Waals surface area contributed by atoms with Crippen molar-refractivity contribution in [2.75, 3.05) is 5.32 Å². The molecular weight excluding hydrogens is 178 g/mol. The Bertz CT molecular complexity index is 323. The largest absolute Gasteiger partial charge is 0.295 e. The van der Waals surface area contributed by atoms with E-state index in [4.69, 9.17) is 0 Å². The Morgan fingerprint density at radius 2 is 2.29 bits per heavy atom. The Kier molecular flexibility index (Phi) is 3.56. The molecule has 76 valence electrons. The van der Waals surface area contributed by atoms with Crippen LogP contribution in [0.3, 0.4) is 0 Å². The average Bonchev–Trinajstić information content (AvgIpc) is 2.01. The van der Waals surface area contributed by atoms with Crippen molar-refractivity contribution in [3.05, 3.63) is 18.0 Å². The zero-order valence-electron chi connectivity index (χ0n) is 8.74. The maximum atomic E-state index is 11.3. The molecule has 1 heterocycles. The number of aromatic nitrogens is 2. The summed E-state index contributed by atoms with van der Waals surface area (Å²) in [5, 5.41) is 2.65. The SMILES string of the molecule is Cc1ccnc(NC(=O)CC(C)C)n1. The van der Waals surface area contributed by atoms with E-state index in [1.165, 1.54) is 0 Å². The number of hydrogen-bond donors (Lipinski definition) is 1. The molecule has 1 rings (SSSR count). The quantitative estimate of drug-likeness (QED) is 0.796. The van der Waals surface area contributed by atoms with Gasteiger partial charge in [-0.05, 0) is 18.9 Å². The van der Waals surface area contributed by atoms with Crippen molar-refractivity contribution in [1.82, 2.24) is 9.97 Å². The number of anilines is 1. The molecule has 0 saturated heterocycles. The average molecular weight is 193 g/mol. The molecule has 0 fully saturated rings. The van der Waals surface area contributed by atoms with Gasteiger partial charge in [-0.2, -0.15) is 0 Å². The van der Waals surface area contributed by atoms with E-state index in [0.717, 1.165) is 5.69 Å². The Morgan fingerprint density at radius 3 is 2.86 bits per heavy atom. The summed E-state index contributed by atoms with van der Waals surface area (Å²) in [6.45, 7) is 5.85. The lowest BCUT2D eigenvalue weighted by Crippen LogP contribution is -2.15. The number of hydrogen-bond acceptors (Lipinski definition) is 3. The highest BCUT2D eigenvalue weighted by Gasteiger charge is 2.06. The van der Waals surface area contributed by atoms with E-state index in [-0.39, 0.29) is 5.91 Å². The molecule has 14 heavy (non-hydrogen) atoms. The van der Waals surface area contributed by atoms with Gasteiger partial charge in [0.2, 0.25) is 11.9 Å². The first-order valence-corrected chi connectivity index (χ1v) is 4.67. The summed E-state index contributed by atoms with van der Waals surface area (Å²) in [5.41, 5.74) is 0.847. The monoisotopic (exact) mass is 193 g/mol. The van der Waals surface area contributed by atoms with Gasteiger partial charge in [0, 0.05) is 18.3 Å². The fourth-order valence-electron chi connectivity index (χ4n) is 1.06. The second-order valence-electron chi connectivity index (χ2n) is 3.67. The number of carbonyl (C=O) groups excluding carboxylic acids is 1. The fourth-order valence-corrected chi connectivity index (χ4v) is 1.06. The first-order chi connectivity index (χ1) is 6.58. The molecule has 0 aliphatic rings. The van der Waals surface area contributed by atoms with E-state index in [2.05, 4.69) is 15.3 Å². The molecule has 4 heteroatoms. The Labute approximate surface area is 83.8 Å². The summed E-state index contributed by atoms with van der Waals surface area (Å²) in [4.78, 5) is 19.4. The van der Waals surface area contributed by atoms with Crippen molar-refractivity contribution in [3.63, 3.8) is 0 Å². The van der Waals surface area contributed by atoms with E-state index >= 15 is 0 Å². The number of nitrogens with zero attached hydrogens (tertiary/aromatic N) is 2. The van der Waals surface area contributed by atoms with Gasteiger partial charge >= 0.3 is 0 Å². The van der Waals surface area contributed by atoms with Gasteiger partial charge in [0.1, 0.15) is 0 Å². The summed E-state index contributed by atoms with van der Waals surface area (Å²) < 4.78 is 0. The van der Waals surface area contributed by atoms with Gasteiger partial charge in [-0.25, -0.2) is 9.97 Å². The third-order valence-corrected chi connectivity index (χ3v) is 1.64. The normalized spacial score (nSPS) is 10.3. The molecule has 1 aromatic heterocycles. The van der Waals surface area contributed by atoms with Crippen molar-refractivity contribution in [3.8, 4) is 0 Å². The summed E-state index contributed by atoms with van der Waals surface area (Å²) >= 11 is 0. The lowest BCUT2D eigenvalue weighted by atomic mass is 10.1. The third kappa shape index (κ3) is 3.51. The highest BCUT2D eigenvalue weighted by atomic mass is 16.1. The molecule has 1 amide bonds. The smallest absolute Gasteiger partial charge is 0.229 e. The standard InChI is InChI=1S/C10H15N3O/c1-7(2)6-9(14)13-10-11-5-4-8(3)12-10/h4-5,7H,6H2,1-3H3,(H,11,12,13,14). The van der Waals surface area contributed by atoms with Crippen LogP contribution >= 0.6 is 0 Å². The van der Waals surface area contributed by atoms with Gasteiger partial charge in [0.15, 0.2) is 0 Å². The lowest BCUT2D eigenvalue weighted by molar-refractivity contribution is -0.116. The van der Waals surface area contributed by atoms with Gasteiger partial charge < -0.3 is 0 Å². The molecule has 1 aromatic rings. The molecule has 4 nitrogen and oxygen atoms in total. The Hall–Kier alpha value is -1.45. The first-order valence-electron chi connectivity index (χ1n) is 4.67. The van der Waals surface area contributed by atoms with Crippen molar-refractivity contribution < 1.29 is 4.79 Å². The molecule has 0 unspecified atom stereocenters. The van der Waals surface area contributed by atoms with Crippen molar-refractivity contribution in [1.29, 1.82) is 0 Å². The topological polar surface area (TPSA) is 54.9 Å². The van der Waals surface area contributed by atoms with Crippen LogP contribution in [-0.2, 0) is 4.79 Å². The van der Waals surface area contributed by atoms with Crippen LogP contribution in [0.15, 0.2) is 12.3 Å². The summed E-state index contributed by atoms with van der Waals surface area (Å²) in [6.07, 6.45) is 2.13. The minimum atomic E-state index is -0.0365. The zero-order valence-corrected chi connectivity index (χ0v) is 8.74. The number of nitrogens with one attached hydrogen (secondary N) is 1. The fraction of sp³-hybridized carbons (Fsp3) is 0.500. The number of carbonyl (C=O) groups is 1. The molecule has 0 aliphatic heterocycles. The molecule has 0 aliphatic carbocycles. The van der Waals surface area contributed by atoms with E-state index in [1.807, 2.05) is 20.8 Å². The molecule has 0 atom stereocenters. The van der Waals surface area contributed by atoms with Crippen LogP contribution in [0, 0.1) is 12.8 Å². The summed E-state index contributed by atoms with van der Waals surface area (Å²) in [6, 6.07) is 1.79. The van der Waals surface area contributed by atoms with Gasteiger partial charge in [-0.3, -0.25) is 10.1 Å². The van der Waals surface area contributed by atoms with E-state index in [1.54, 1.807) is 12.3 Å². The first kappa shape index (κ1) is 10.6. The Balaban J connectivity index is 2.56. The molecule has 0 spiro atoms. The van der Waals surface area contributed by atoms with Crippen molar-refractivity contribution in [2.45, 2.75) is 27.2 Å². The highest BCUT2D eigenvalue weighted by molar-refractivity contribution is 5.88. The lowest BCUT2D eigenvalue weighted by Gasteiger charge is -2.05. The molecule has 0 bridgehead atoms. The number of rotatable bonds is 3. The van der Waals surface area contributed by atoms with E-state index < -0.39 is 0 Å². The maximum Gasteiger partial charge on any atom is 0.229 e. The van der Waals surface area contributed by atoms with Crippen LogP contribution in [0.1, 0.15) is 26.0 Å². The van der Waals surface area contributed by atoms with Crippen molar-refractivity contribution in [2.24, 2.45) is 5.92 Å². The minimum Gasteiger partial charge on any atom is -0.295 e. The van der Waals surface area contributed by atoms with Crippen LogP contribution in [0.25, 0.3) is 0 Å².